The predicted molar refractivity (Wildman–Crippen MR) is 48.7 cm³/mol. The zero-order valence-corrected chi connectivity index (χ0v) is 7.21. The molecule has 1 heterocycles. The molecule has 4 heteroatoms. The molecule has 3 N–H and O–H groups in total. The number of nitrogens with one attached hydrogen (secondary N) is 1. The van der Waals surface area contributed by atoms with Crippen LogP contribution in [0.25, 0.3) is 11.0 Å². The Balaban J connectivity index is 2.68. The third kappa shape index (κ3) is 1.29. The van der Waals surface area contributed by atoms with Gasteiger partial charge in [0.05, 0.1) is 11.6 Å². The molecule has 1 aromatic carbocycles. The van der Waals surface area contributed by atoms with Gasteiger partial charge in [0.15, 0.2) is 0 Å². The first kappa shape index (κ1) is 8.19. The maximum absolute atomic E-state index is 13.2. The molecule has 0 fully saturated rings. The van der Waals surface area contributed by atoms with Crippen molar-refractivity contribution in [3.8, 4) is 0 Å². The molecule has 1 atom stereocenters. The van der Waals surface area contributed by atoms with Crippen molar-refractivity contribution >= 4 is 11.0 Å². The molecule has 3 nitrogen and oxygen atoms in total. The van der Waals surface area contributed by atoms with Crippen LogP contribution in [0, 0.1) is 5.82 Å². The molecular formula is C9H10FN3. The monoisotopic (exact) mass is 179 g/mol. The van der Waals surface area contributed by atoms with Gasteiger partial charge in [0.2, 0.25) is 0 Å². The van der Waals surface area contributed by atoms with Gasteiger partial charge in [0.1, 0.15) is 17.2 Å². The van der Waals surface area contributed by atoms with E-state index < -0.39 is 0 Å². The molecule has 0 spiro atoms. The number of aromatic nitrogens is 2. The lowest BCUT2D eigenvalue weighted by Gasteiger charge is -1.96. The summed E-state index contributed by atoms with van der Waals surface area (Å²) in [6, 6.07) is 4.57. The van der Waals surface area contributed by atoms with Gasteiger partial charge in [0.25, 0.3) is 0 Å². The maximum atomic E-state index is 13.2. The smallest absolute Gasteiger partial charge is 0.148 e. The minimum absolute atomic E-state index is 0.202. The quantitative estimate of drug-likeness (QED) is 0.700. The van der Waals surface area contributed by atoms with Gasteiger partial charge in [0, 0.05) is 0 Å². The molecule has 0 unspecified atom stereocenters. The van der Waals surface area contributed by atoms with Crippen LogP contribution in [0.4, 0.5) is 4.39 Å². The lowest BCUT2D eigenvalue weighted by molar-refractivity contribution is 0.636. The molecule has 13 heavy (non-hydrogen) atoms. The number of imidazole rings is 1. The van der Waals surface area contributed by atoms with Crippen molar-refractivity contribution in [2.75, 3.05) is 0 Å². The summed E-state index contributed by atoms with van der Waals surface area (Å²) in [5, 5.41) is 0. The number of halogens is 1. The van der Waals surface area contributed by atoms with Crippen LogP contribution in [0.15, 0.2) is 18.2 Å². The zero-order chi connectivity index (χ0) is 9.42. The molecule has 0 amide bonds. The molecule has 0 aliphatic heterocycles. The van der Waals surface area contributed by atoms with E-state index in [1.807, 2.05) is 0 Å². The minimum atomic E-state index is -0.295. The number of hydrogen-bond acceptors (Lipinski definition) is 2. The maximum Gasteiger partial charge on any atom is 0.148 e. The number of aromatic amines is 1. The van der Waals surface area contributed by atoms with Crippen molar-refractivity contribution in [3.63, 3.8) is 0 Å². The number of hydrogen-bond donors (Lipinski definition) is 2. The fourth-order valence-corrected chi connectivity index (χ4v) is 1.23. The highest BCUT2D eigenvalue weighted by atomic mass is 19.1. The summed E-state index contributed by atoms with van der Waals surface area (Å²) in [4.78, 5) is 7.00. The Labute approximate surface area is 74.8 Å². The van der Waals surface area contributed by atoms with Gasteiger partial charge in [-0.1, -0.05) is 6.07 Å². The summed E-state index contributed by atoms with van der Waals surface area (Å²) in [5.41, 5.74) is 6.66. The van der Waals surface area contributed by atoms with E-state index in [-0.39, 0.29) is 11.9 Å². The first-order chi connectivity index (χ1) is 6.18. The van der Waals surface area contributed by atoms with Gasteiger partial charge in [-0.25, -0.2) is 9.37 Å². The van der Waals surface area contributed by atoms with Gasteiger partial charge in [-0.05, 0) is 19.1 Å². The van der Waals surface area contributed by atoms with Crippen LogP contribution in [0.3, 0.4) is 0 Å². The molecule has 0 aliphatic carbocycles. The second-order valence-corrected chi connectivity index (χ2v) is 3.04. The van der Waals surface area contributed by atoms with E-state index in [1.165, 1.54) is 6.07 Å². The van der Waals surface area contributed by atoms with Crippen molar-refractivity contribution < 1.29 is 4.39 Å². The number of H-pyrrole nitrogens is 1. The normalized spacial score (nSPS) is 13.5. The predicted octanol–water partition coefficient (Wildman–Crippen LogP) is 1.72. The van der Waals surface area contributed by atoms with E-state index in [1.54, 1.807) is 19.1 Å². The first-order valence-electron chi connectivity index (χ1n) is 4.08. The van der Waals surface area contributed by atoms with E-state index in [0.29, 0.717) is 16.9 Å². The van der Waals surface area contributed by atoms with Crippen molar-refractivity contribution in [2.24, 2.45) is 5.73 Å². The Morgan fingerprint density at radius 3 is 2.92 bits per heavy atom. The van der Waals surface area contributed by atoms with Crippen LogP contribution in [-0.2, 0) is 0 Å². The summed E-state index contributed by atoms with van der Waals surface area (Å²) >= 11 is 0. The van der Waals surface area contributed by atoms with Crippen molar-refractivity contribution in [1.82, 2.24) is 9.97 Å². The number of benzene rings is 1. The highest BCUT2D eigenvalue weighted by Crippen LogP contribution is 2.16. The van der Waals surface area contributed by atoms with Crippen LogP contribution in [0.2, 0.25) is 0 Å². The Hall–Kier alpha value is -1.42. The van der Waals surface area contributed by atoms with Gasteiger partial charge >= 0.3 is 0 Å². The SMILES string of the molecule is C[C@H](N)c1nc2cccc(F)c2[nH]1. The highest BCUT2D eigenvalue weighted by Gasteiger charge is 2.08. The Morgan fingerprint density at radius 1 is 1.54 bits per heavy atom. The summed E-state index contributed by atoms with van der Waals surface area (Å²) in [7, 11) is 0. The molecule has 0 radical (unpaired) electrons. The van der Waals surface area contributed by atoms with Crippen LogP contribution in [0.1, 0.15) is 18.8 Å². The molecule has 1 aromatic heterocycles. The molecule has 0 bridgehead atoms. The van der Waals surface area contributed by atoms with Crippen molar-refractivity contribution in [1.29, 1.82) is 0 Å². The van der Waals surface area contributed by atoms with Gasteiger partial charge in [-0.3, -0.25) is 0 Å². The lowest BCUT2D eigenvalue weighted by Crippen LogP contribution is -2.06. The zero-order valence-electron chi connectivity index (χ0n) is 7.21. The molecular weight excluding hydrogens is 169 g/mol. The largest absolute Gasteiger partial charge is 0.338 e. The van der Waals surface area contributed by atoms with E-state index in [4.69, 9.17) is 5.73 Å². The summed E-state index contributed by atoms with van der Waals surface area (Å²) in [5.74, 6) is 0.317. The molecule has 0 saturated heterocycles. The first-order valence-corrected chi connectivity index (χ1v) is 4.08. The highest BCUT2D eigenvalue weighted by molar-refractivity contribution is 5.75. The lowest BCUT2D eigenvalue weighted by atomic mass is 10.3. The third-order valence-electron chi connectivity index (χ3n) is 1.92. The Kier molecular flexibility index (Phi) is 1.77. The summed E-state index contributed by atoms with van der Waals surface area (Å²) in [6.45, 7) is 1.80. The topological polar surface area (TPSA) is 54.7 Å². The second kappa shape index (κ2) is 2.81. The molecule has 0 saturated carbocycles. The molecule has 2 rings (SSSR count). The van der Waals surface area contributed by atoms with Crippen LogP contribution in [-0.4, -0.2) is 9.97 Å². The fourth-order valence-electron chi connectivity index (χ4n) is 1.23. The van der Waals surface area contributed by atoms with Gasteiger partial charge in [-0.15, -0.1) is 0 Å². The van der Waals surface area contributed by atoms with Crippen LogP contribution >= 0.6 is 0 Å². The average molecular weight is 179 g/mol. The van der Waals surface area contributed by atoms with Crippen LogP contribution < -0.4 is 5.73 Å². The second-order valence-electron chi connectivity index (χ2n) is 3.04. The molecule has 0 aliphatic rings. The molecule has 68 valence electrons. The minimum Gasteiger partial charge on any atom is -0.338 e. The van der Waals surface area contributed by atoms with Crippen LogP contribution in [0.5, 0.6) is 0 Å². The molecule has 2 aromatic rings. The van der Waals surface area contributed by atoms with E-state index in [2.05, 4.69) is 9.97 Å². The fraction of sp³-hybridized carbons (Fsp3) is 0.222. The van der Waals surface area contributed by atoms with Crippen molar-refractivity contribution in [2.45, 2.75) is 13.0 Å². The number of nitrogens with zero attached hydrogens (tertiary/aromatic N) is 1. The number of rotatable bonds is 1. The number of nitrogens with two attached hydrogens (primary N) is 1. The van der Waals surface area contributed by atoms with E-state index >= 15 is 0 Å². The van der Waals surface area contributed by atoms with Gasteiger partial charge in [-0.2, -0.15) is 0 Å². The summed E-state index contributed by atoms with van der Waals surface area (Å²) in [6.07, 6.45) is 0. The Bertz CT molecular complexity index is 433. The summed E-state index contributed by atoms with van der Waals surface area (Å²) < 4.78 is 13.2. The standard InChI is InChI=1S/C9H10FN3/c1-5(11)9-12-7-4-2-3-6(10)8(7)13-9/h2-5H,11H2,1H3,(H,12,13)/t5-/m0/s1. The van der Waals surface area contributed by atoms with Gasteiger partial charge < -0.3 is 10.7 Å². The Morgan fingerprint density at radius 2 is 2.31 bits per heavy atom. The average Bonchev–Trinajstić information content (AvgIpc) is 2.49. The van der Waals surface area contributed by atoms with E-state index in [0.717, 1.165) is 0 Å². The van der Waals surface area contributed by atoms with Crippen molar-refractivity contribution in [3.05, 3.63) is 29.8 Å². The number of para-hydroxylation sites is 1. The van der Waals surface area contributed by atoms with E-state index in [9.17, 15) is 4.39 Å². The number of fused-ring (bicyclic) bond motifs is 1. The third-order valence-corrected chi connectivity index (χ3v) is 1.92.